The van der Waals surface area contributed by atoms with Gasteiger partial charge >= 0.3 is 0 Å². The number of amides is 1. The fourth-order valence-electron chi connectivity index (χ4n) is 4.22. The molecule has 0 saturated heterocycles. The van der Waals surface area contributed by atoms with Crippen LogP contribution in [0, 0.1) is 13.8 Å². The SMILES string of the molecule is Cc1cc(C(=O)NCc2nnc3n2CCN(CCC(C)c2ccccc2)CC3)c(C)o1. The second-order valence-corrected chi connectivity index (χ2v) is 8.39. The Hall–Kier alpha value is -2.93. The molecule has 3 aromatic rings. The molecular weight excluding hydrogens is 390 g/mol. The number of hydrogen-bond donors (Lipinski definition) is 1. The van der Waals surface area contributed by atoms with Gasteiger partial charge < -0.3 is 19.2 Å². The number of fused-ring (bicyclic) bond motifs is 1. The standard InChI is InChI=1S/C24H31N5O2/c1-17(20-7-5-4-6-8-20)9-11-28-12-10-22-26-27-23(29(22)14-13-28)16-25-24(30)21-15-18(2)31-19(21)3/h4-8,15,17H,9-14,16H2,1-3H3,(H,25,30). The molecule has 164 valence electrons. The molecular formula is C24H31N5O2. The summed E-state index contributed by atoms with van der Waals surface area (Å²) in [6.45, 7) is 10.2. The quantitative estimate of drug-likeness (QED) is 0.632. The van der Waals surface area contributed by atoms with Gasteiger partial charge in [-0.3, -0.25) is 4.79 Å². The van der Waals surface area contributed by atoms with Gasteiger partial charge in [0, 0.05) is 26.1 Å². The lowest BCUT2D eigenvalue weighted by Gasteiger charge is -2.22. The first-order valence-corrected chi connectivity index (χ1v) is 11.0. The fraction of sp³-hybridized carbons (Fsp3) is 0.458. The van der Waals surface area contributed by atoms with Gasteiger partial charge in [0.05, 0.1) is 12.1 Å². The van der Waals surface area contributed by atoms with Crippen LogP contribution in [-0.4, -0.2) is 45.2 Å². The number of rotatable bonds is 7. The first-order valence-electron chi connectivity index (χ1n) is 11.0. The number of aromatic nitrogens is 3. The van der Waals surface area contributed by atoms with Crippen LogP contribution in [0.4, 0.5) is 0 Å². The Balaban J connectivity index is 1.31. The van der Waals surface area contributed by atoms with Crippen LogP contribution in [0.5, 0.6) is 0 Å². The van der Waals surface area contributed by atoms with Crippen LogP contribution in [0.3, 0.4) is 0 Å². The molecule has 1 amide bonds. The fourth-order valence-corrected chi connectivity index (χ4v) is 4.22. The van der Waals surface area contributed by atoms with Crippen molar-refractivity contribution in [3.63, 3.8) is 0 Å². The Morgan fingerprint density at radius 2 is 1.97 bits per heavy atom. The van der Waals surface area contributed by atoms with Crippen molar-refractivity contribution in [3.05, 3.63) is 70.7 Å². The molecule has 4 rings (SSSR count). The summed E-state index contributed by atoms with van der Waals surface area (Å²) in [7, 11) is 0. The van der Waals surface area contributed by atoms with Gasteiger partial charge in [-0.1, -0.05) is 37.3 Å². The molecule has 7 nitrogen and oxygen atoms in total. The number of hydrogen-bond acceptors (Lipinski definition) is 5. The number of carbonyl (C=O) groups is 1. The Morgan fingerprint density at radius 1 is 1.16 bits per heavy atom. The van der Waals surface area contributed by atoms with Gasteiger partial charge in [0.15, 0.2) is 5.82 Å². The topological polar surface area (TPSA) is 76.2 Å². The molecule has 1 aliphatic rings. The van der Waals surface area contributed by atoms with Crippen molar-refractivity contribution in [2.24, 2.45) is 0 Å². The van der Waals surface area contributed by atoms with Crippen LogP contribution in [0.25, 0.3) is 0 Å². The number of aryl methyl sites for hydroxylation is 2. The Morgan fingerprint density at radius 3 is 2.71 bits per heavy atom. The molecule has 1 atom stereocenters. The lowest BCUT2D eigenvalue weighted by molar-refractivity contribution is 0.0948. The molecule has 0 spiro atoms. The summed E-state index contributed by atoms with van der Waals surface area (Å²) in [5.74, 6) is 3.58. The maximum Gasteiger partial charge on any atom is 0.255 e. The average Bonchev–Trinajstić information content (AvgIpc) is 3.26. The highest BCUT2D eigenvalue weighted by molar-refractivity contribution is 5.95. The second-order valence-electron chi connectivity index (χ2n) is 8.39. The van der Waals surface area contributed by atoms with Crippen LogP contribution >= 0.6 is 0 Å². The van der Waals surface area contributed by atoms with E-state index in [4.69, 9.17) is 4.42 Å². The van der Waals surface area contributed by atoms with E-state index in [0.717, 1.165) is 56.4 Å². The van der Waals surface area contributed by atoms with Crippen LogP contribution in [0.1, 0.15) is 58.4 Å². The summed E-state index contributed by atoms with van der Waals surface area (Å²) in [5, 5.41) is 11.7. The highest BCUT2D eigenvalue weighted by Gasteiger charge is 2.20. The second kappa shape index (κ2) is 9.47. The summed E-state index contributed by atoms with van der Waals surface area (Å²) in [5.41, 5.74) is 1.97. The number of nitrogens with one attached hydrogen (secondary N) is 1. The minimum atomic E-state index is -0.142. The molecule has 0 aliphatic carbocycles. The van der Waals surface area contributed by atoms with Crippen molar-refractivity contribution >= 4 is 5.91 Å². The predicted molar refractivity (Wildman–Crippen MR) is 119 cm³/mol. The molecule has 0 bridgehead atoms. The van der Waals surface area contributed by atoms with Gasteiger partial charge in [-0.05, 0) is 44.4 Å². The normalized spacial score (nSPS) is 15.3. The largest absolute Gasteiger partial charge is 0.466 e. The zero-order valence-corrected chi connectivity index (χ0v) is 18.6. The van der Waals surface area contributed by atoms with Crippen LogP contribution in [0.15, 0.2) is 40.8 Å². The zero-order chi connectivity index (χ0) is 21.8. The van der Waals surface area contributed by atoms with Gasteiger partial charge in [-0.25, -0.2) is 0 Å². The molecule has 1 aliphatic heterocycles. The van der Waals surface area contributed by atoms with Crippen molar-refractivity contribution < 1.29 is 9.21 Å². The zero-order valence-electron chi connectivity index (χ0n) is 18.6. The highest BCUT2D eigenvalue weighted by atomic mass is 16.3. The molecule has 3 heterocycles. The predicted octanol–water partition coefficient (Wildman–Crippen LogP) is 3.47. The Bertz CT molecular complexity index is 1020. The number of furan rings is 1. The van der Waals surface area contributed by atoms with E-state index >= 15 is 0 Å². The maximum absolute atomic E-state index is 12.5. The number of carbonyl (C=O) groups excluding carboxylic acids is 1. The van der Waals surface area contributed by atoms with E-state index in [9.17, 15) is 4.79 Å². The van der Waals surface area contributed by atoms with Gasteiger partial charge in [-0.15, -0.1) is 10.2 Å². The summed E-state index contributed by atoms with van der Waals surface area (Å²) in [4.78, 5) is 15.0. The summed E-state index contributed by atoms with van der Waals surface area (Å²) < 4.78 is 7.62. The van der Waals surface area contributed by atoms with E-state index in [1.165, 1.54) is 5.56 Å². The summed E-state index contributed by atoms with van der Waals surface area (Å²) in [6.07, 6.45) is 2.01. The molecule has 0 fully saturated rings. The molecule has 31 heavy (non-hydrogen) atoms. The smallest absolute Gasteiger partial charge is 0.255 e. The molecule has 0 saturated carbocycles. The van der Waals surface area contributed by atoms with Gasteiger partial charge in [-0.2, -0.15) is 0 Å². The Kier molecular flexibility index (Phi) is 6.51. The van der Waals surface area contributed by atoms with E-state index in [1.807, 2.05) is 6.92 Å². The third-order valence-corrected chi connectivity index (χ3v) is 6.14. The van der Waals surface area contributed by atoms with Crippen LogP contribution in [-0.2, 0) is 19.5 Å². The van der Waals surface area contributed by atoms with E-state index in [-0.39, 0.29) is 5.91 Å². The van der Waals surface area contributed by atoms with E-state index in [0.29, 0.717) is 23.8 Å². The molecule has 1 unspecified atom stereocenters. The average molecular weight is 422 g/mol. The third kappa shape index (κ3) is 5.05. The van der Waals surface area contributed by atoms with Crippen LogP contribution in [0.2, 0.25) is 0 Å². The lowest BCUT2D eigenvalue weighted by atomic mass is 9.98. The van der Waals surface area contributed by atoms with E-state index in [2.05, 4.69) is 62.2 Å². The minimum absolute atomic E-state index is 0.142. The van der Waals surface area contributed by atoms with Gasteiger partial charge in [0.25, 0.3) is 5.91 Å². The molecule has 0 radical (unpaired) electrons. The Labute approximate surface area is 183 Å². The van der Waals surface area contributed by atoms with E-state index < -0.39 is 0 Å². The lowest BCUT2D eigenvalue weighted by Crippen LogP contribution is -2.29. The van der Waals surface area contributed by atoms with Crippen molar-refractivity contribution in [2.75, 3.05) is 19.6 Å². The van der Waals surface area contributed by atoms with E-state index in [1.54, 1.807) is 13.0 Å². The molecule has 2 aromatic heterocycles. The first-order chi connectivity index (χ1) is 15.0. The summed E-state index contributed by atoms with van der Waals surface area (Å²) >= 11 is 0. The van der Waals surface area contributed by atoms with Gasteiger partial charge in [0.1, 0.15) is 17.3 Å². The number of nitrogens with zero attached hydrogens (tertiary/aromatic N) is 4. The molecule has 1 aromatic carbocycles. The van der Waals surface area contributed by atoms with Gasteiger partial charge in [0.2, 0.25) is 0 Å². The maximum atomic E-state index is 12.5. The van der Waals surface area contributed by atoms with Crippen molar-refractivity contribution in [3.8, 4) is 0 Å². The molecule has 1 N–H and O–H groups in total. The summed E-state index contributed by atoms with van der Waals surface area (Å²) in [6, 6.07) is 12.5. The number of benzene rings is 1. The molecule has 7 heteroatoms. The highest BCUT2D eigenvalue weighted by Crippen LogP contribution is 2.20. The van der Waals surface area contributed by atoms with Crippen molar-refractivity contribution in [1.82, 2.24) is 25.0 Å². The minimum Gasteiger partial charge on any atom is -0.466 e. The van der Waals surface area contributed by atoms with Crippen LogP contribution < -0.4 is 5.32 Å². The van der Waals surface area contributed by atoms with Crippen molar-refractivity contribution in [2.45, 2.75) is 52.6 Å². The third-order valence-electron chi connectivity index (χ3n) is 6.14. The van der Waals surface area contributed by atoms with Crippen molar-refractivity contribution in [1.29, 1.82) is 0 Å². The first kappa shape index (κ1) is 21.3. The monoisotopic (exact) mass is 421 g/mol.